The van der Waals surface area contributed by atoms with E-state index in [0.717, 1.165) is 5.69 Å². The summed E-state index contributed by atoms with van der Waals surface area (Å²) in [4.78, 5) is 28.5. The minimum Gasteiger partial charge on any atom is -0.368 e. The van der Waals surface area contributed by atoms with Gasteiger partial charge in [0.25, 0.3) is 11.6 Å². The number of nitrogens with zero attached hydrogens (tertiary/aromatic N) is 5. The molecule has 1 aliphatic heterocycles. The van der Waals surface area contributed by atoms with Crippen LogP contribution in [0.4, 0.5) is 11.4 Å². The summed E-state index contributed by atoms with van der Waals surface area (Å²) in [7, 11) is 0. The number of halogens is 2. The molecular formula is C26H21Cl2N5O3. The first-order valence-corrected chi connectivity index (χ1v) is 12.1. The summed E-state index contributed by atoms with van der Waals surface area (Å²) in [5.41, 5.74) is 2.83. The number of piperazine rings is 1. The highest BCUT2D eigenvalue weighted by Gasteiger charge is 2.27. The highest BCUT2D eigenvalue weighted by atomic mass is 35.5. The van der Waals surface area contributed by atoms with Gasteiger partial charge < -0.3 is 9.80 Å². The summed E-state index contributed by atoms with van der Waals surface area (Å²) in [5.74, 6) is -0.210. The Morgan fingerprint density at radius 3 is 2.31 bits per heavy atom. The van der Waals surface area contributed by atoms with E-state index in [0.29, 0.717) is 58.9 Å². The summed E-state index contributed by atoms with van der Waals surface area (Å²) in [6, 6.07) is 22.6. The maximum absolute atomic E-state index is 13.7. The number of carbonyl (C=O) groups is 1. The lowest BCUT2D eigenvalue weighted by molar-refractivity contribution is -0.384. The van der Waals surface area contributed by atoms with Crippen molar-refractivity contribution in [1.82, 2.24) is 14.7 Å². The maximum Gasteiger partial charge on any atom is 0.272 e. The van der Waals surface area contributed by atoms with E-state index in [-0.39, 0.29) is 11.6 Å². The normalized spacial score (nSPS) is 13.6. The van der Waals surface area contributed by atoms with Crippen LogP contribution in [0.5, 0.6) is 0 Å². The molecule has 0 aliphatic carbocycles. The fourth-order valence-electron chi connectivity index (χ4n) is 4.27. The molecule has 0 N–H and O–H groups in total. The minimum atomic E-state index is -0.474. The van der Waals surface area contributed by atoms with Gasteiger partial charge >= 0.3 is 0 Å². The zero-order valence-electron chi connectivity index (χ0n) is 19.1. The van der Waals surface area contributed by atoms with Gasteiger partial charge in [-0.25, -0.2) is 4.68 Å². The number of anilines is 1. The molecule has 8 nitrogen and oxygen atoms in total. The summed E-state index contributed by atoms with van der Waals surface area (Å²) in [6.45, 7) is 2.31. The SMILES string of the molecule is O=C(c1cc(-c2ccccc2Cl)nn1-c1cccc([N+](=O)[O-])c1)N1CCN(c2cccc(Cl)c2)CC1. The highest BCUT2D eigenvalue weighted by Crippen LogP contribution is 2.30. The van der Waals surface area contributed by atoms with Crippen molar-refractivity contribution in [1.29, 1.82) is 0 Å². The molecule has 1 aromatic heterocycles. The molecule has 1 aliphatic rings. The van der Waals surface area contributed by atoms with E-state index in [9.17, 15) is 14.9 Å². The Hall–Kier alpha value is -3.88. The lowest BCUT2D eigenvalue weighted by atomic mass is 10.1. The van der Waals surface area contributed by atoms with Gasteiger partial charge in [-0.15, -0.1) is 0 Å². The second kappa shape index (κ2) is 10.0. The van der Waals surface area contributed by atoms with Crippen molar-refractivity contribution < 1.29 is 9.72 Å². The zero-order valence-corrected chi connectivity index (χ0v) is 20.6. The first-order chi connectivity index (χ1) is 17.4. The molecular weight excluding hydrogens is 501 g/mol. The Morgan fingerprint density at radius 1 is 0.861 bits per heavy atom. The molecule has 0 unspecified atom stereocenters. The molecule has 182 valence electrons. The van der Waals surface area contributed by atoms with Crippen molar-refractivity contribution in [3.05, 3.63) is 105 Å². The molecule has 0 spiro atoms. The second-order valence-corrected chi connectivity index (χ2v) is 9.19. The van der Waals surface area contributed by atoms with Crippen molar-refractivity contribution >= 4 is 40.5 Å². The molecule has 36 heavy (non-hydrogen) atoms. The Kier molecular flexibility index (Phi) is 6.63. The molecule has 0 saturated carbocycles. The Morgan fingerprint density at radius 2 is 1.58 bits per heavy atom. The predicted octanol–water partition coefficient (Wildman–Crippen LogP) is 5.72. The van der Waals surface area contributed by atoms with Crippen LogP contribution in [0, 0.1) is 10.1 Å². The smallest absolute Gasteiger partial charge is 0.272 e. The van der Waals surface area contributed by atoms with Crippen LogP contribution >= 0.6 is 23.2 Å². The van der Waals surface area contributed by atoms with Crippen molar-refractivity contribution in [2.45, 2.75) is 0 Å². The van der Waals surface area contributed by atoms with Crippen LogP contribution in [0.3, 0.4) is 0 Å². The summed E-state index contributed by atoms with van der Waals surface area (Å²) >= 11 is 12.5. The van der Waals surface area contributed by atoms with Crippen LogP contribution in [0.1, 0.15) is 10.5 Å². The molecule has 0 bridgehead atoms. The summed E-state index contributed by atoms with van der Waals surface area (Å²) in [5, 5.41) is 17.2. The number of benzene rings is 3. The van der Waals surface area contributed by atoms with Gasteiger partial charge in [0.2, 0.25) is 0 Å². The average Bonchev–Trinajstić information content (AvgIpc) is 3.34. The maximum atomic E-state index is 13.7. The summed E-state index contributed by atoms with van der Waals surface area (Å²) in [6.07, 6.45) is 0. The molecule has 5 rings (SSSR count). The van der Waals surface area contributed by atoms with Crippen molar-refractivity contribution in [3.63, 3.8) is 0 Å². The van der Waals surface area contributed by atoms with Crippen LogP contribution in [0.15, 0.2) is 78.9 Å². The number of nitro groups is 1. The number of rotatable bonds is 5. The number of hydrogen-bond donors (Lipinski definition) is 0. The Balaban J connectivity index is 1.47. The largest absolute Gasteiger partial charge is 0.368 e. The average molecular weight is 522 g/mol. The molecule has 10 heteroatoms. The summed E-state index contributed by atoms with van der Waals surface area (Å²) < 4.78 is 1.46. The van der Waals surface area contributed by atoms with Gasteiger partial charge in [-0.1, -0.05) is 53.5 Å². The number of non-ortho nitro benzene ring substituents is 1. The minimum absolute atomic E-state index is 0.0872. The Bertz CT molecular complexity index is 1450. The van der Waals surface area contributed by atoms with E-state index in [1.165, 1.54) is 16.8 Å². The lowest BCUT2D eigenvalue weighted by Crippen LogP contribution is -2.49. The molecule has 1 saturated heterocycles. The van der Waals surface area contributed by atoms with E-state index in [2.05, 4.69) is 10.00 Å². The van der Waals surface area contributed by atoms with Gasteiger partial charge in [-0.2, -0.15) is 5.10 Å². The molecule has 0 atom stereocenters. The first-order valence-electron chi connectivity index (χ1n) is 11.3. The number of hydrogen-bond acceptors (Lipinski definition) is 5. The highest BCUT2D eigenvalue weighted by molar-refractivity contribution is 6.33. The molecule has 2 heterocycles. The fraction of sp³-hybridized carbons (Fsp3) is 0.154. The van der Waals surface area contributed by atoms with Crippen molar-refractivity contribution in [2.75, 3.05) is 31.1 Å². The number of aromatic nitrogens is 2. The topological polar surface area (TPSA) is 84.5 Å². The van der Waals surface area contributed by atoms with E-state index in [4.69, 9.17) is 23.2 Å². The molecule has 4 aromatic rings. The van der Waals surface area contributed by atoms with Gasteiger partial charge in [-0.05, 0) is 36.4 Å². The van der Waals surface area contributed by atoms with Gasteiger partial charge in [0.05, 0.1) is 21.3 Å². The monoisotopic (exact) mass is 521 g/mol. The van der Waals surface area contributed by atoms with E-state index >= 15 is 0 Å². The second-order valence-electron chi connectivity index (χ2n) is 8.34. The predicted molar refractivity (Wildman–Crippen MR) is 140 cm³/mol. The van der Waals surface area contributed by atoms with Gasteiger partial charge in [-0.3, -0.25) is 14.9 Å². The molecule has 3 aromatic carbocycles. The first kappa shape index (κ1) is 23.8. The van der Waals surface area contributed by atoms with E-state index in [1.54, 1.807) is 29.2 Å². The number of carbonyl (C=O) groups excluding carboxylic acids is 1. The number of amides is 1. The molecule has 1 amide bonds. The lowest BCUT2D eigenvalue weighted by Gasteiger charge is -2.36. The van der Waals surface area contributed by atoms with Crippen LogP contribution in [0.25, 0.3) is 16.9 Å². The third kappa shape index (κ3) is 4.78. The van der Waals surface area contributed by atoms with E-state index < -0.39 is 4.92 Å². The molecule has 0 radical (unpaired) electrons. The van der Waals surface area contributed by atoms with Crippen molar-refractivity contribution in [3.8, 4) is 16.9 Å². The van der Waals surface area contributed by atoms with Gasteiger partial charge in [0.15, 0.2) is 0 Å². The third-order valence-corrected chi connectivity index (χ3v) is 6.67. The van der Waals surface area contributed by atoms with Crippen LogP contribution in [-0.2, 0) is 0 Å². The van der Waals surface area contributed by atoms with E-state index in [1.807, 2.05) is 42.5 Å². The Labute approximate surface area is 217 Å². The quantitative estimate of drug-likeness (QED) is 0.247. The third-order valence-electron chi connectivity index (χ3n) is 6.10. The number of nitro benzene ring substituents is 1. The van der Waals surface area contributed by atoms with Gasteiger partial charge in [0.1, 0.15) is 5.69 Å². The van der Waals surface area contributed by atoms with Crippen LogP contribution in [-0.4, -0.2) is 51.7 Å². The van der Waals surface area contributed by atoms with Crippen molar-refractivity contribution in [2.24, 2.45) is 0 Å². The van der Waals surface area contributed by atoms with Crippen LogP contribution in [0.2, 0.25) is 10.0 Å². The molecule has 1 fully saturated rings. The fourth-order valence-corrected chi connectivity index (χ4v) is 4.69. The zero-order chi connectivity index (χ0) is 25.2. The van der Waals surface area contributed by atoms with Crippen LogP contribution < -0.4 is 4.90 Å². The standard InChI is InChI=1S/C26H21Cl2N5O3/c27-18-5-3-6-19(15-18)30-11-13-31(14-12-30)26(34)25-17-24(22-9-1-2-10-23(22)28)29-32(25)20-7-4-8-21(16-20)33(35)36/h1-10,15-17H,11-14H2. The van der Waals surface area contributed by atoms with Gasteiger partial charge in [0, 0.05) is 54.6 Å².